The van der Waals surface area contributed by atoms with Crippen molar-refractivity contribution in [2.45, 2.75) is 6.61 Å². The minimum Gasteiger partial charge on any atom is -0.493 e. The maximum absolute atomic E-state index is 12.9. The highest BCUT2D eigenvalue weighted by atomic mass is 19.1. The highest BCUT2D eigenvalue weighted by Gasteiger charge is 2.22. The van der Waals surface area contributed by atoms with Crippen molar-refractivity contribution >= 4 is 17.6 Å². The van der Waals surface area contributed by atoms with Crippen LogP contribution in [-0.4, -0.2) is 18.2 Å². The minimum atomic E-state index is -0.534. The zero-order valence-electron chi connectivity index (χ0n) is 15.5. The van der Waals surface area contributed by atoms with Gasteiger partial charge in [-0.1, -0.05) is 30.3 Å². The fraction of sp³-hybridized carbons (Fsp3) is 0.0952. The molecular formula is C21H18FN3O4. The second kappa shape index (κ2) is 9.32. The first-order chi connectivity index (χ1) is 14.1. The van der Waals surface area contributed by atoms with Gasteiger partial charge in [-0.2, -0.15) is 5.10 Å². The molecule has 0 aliphatic heterocycles. The maximum atomic E-state index is 12.9. The Labute approximate surface area is 166 Å². The molecule has 0 spiro atoms. The fourth-order valence-electron chi connectivity index (χ4n) is 2.55. The largest absolute Gasteiger partial charge is 0.493 e. The quantitative estimate of drug-likeness (QED) is 0.337. The molecule has 0 amide bonds. The smallest absolute Gasteiger partial charge is 0.315 e. The maximum Gasteiger partial charge on any atom is 0.315 e. The molecule has 7 nitrogen and oxygen atoms in total. The number of methoxy groups -OCH3 is 1. The van der Waals surface area contributed by atoms with E-state index in [0.29, 0.717) is 11.3 Å². The number of nitrogens with one attached hydrogen (secondary N) is 1. The van der Waals surface area contributed by atoms with Crippen molar-refractivity contribution in [2.24, 2.45) is 5.10 Å². The van der Waals surface area contributed by atoms with E-state index in [1.165, 1.54) is 43.7 Å². The summed E-state index contributed by atoms with van der Waals surface area (Å²) in [5, 5.41) is 15.6. The summed E-state index contributed by atoms with van der Waals surface area (Å²) in [7, 11) is 1.41. The Balaban J connectivity index is 1.81. The van der Waals surface area contributed by atoms with E-state index >= 15 is 0 Å². The van der Waals surface area contributed by atoms with Crippen LogP contribution in [0.1, 0.15) is 11.1 Å². The lowest BCUT2D eigenvalue weighted by Crippen LogP contribution is -2.03. The number of nitro benzene ring substituents is 1. The summed E-state index contributed by atoms with van der Waals surface area (Å²) < 4.78 is 23.9. The molecule has 0 saturated carbocycles. The minimum absolute atomic E-state index is 0.0463. The highest BCUT2D eigenvalue weighted by molar-refractivity contribution is 5.83. The molecule has 3 aromatic carbocycles. The predicted octanol–water partition coefficient (Wildman–Crippen LogP) is 4.77. The zero-order chi connectivity index (χ0) is 20.6. The Morgan fingerprint density at radius 3 is 2.52 bits per heavy atom. The Morgan fingerprint density at radius 2 is 1.86 bits per heavy atom. The first kappa shape index (κ1) is 19.8. The molecule has 0 radical (unpaired) electrons. The van der Waals surface area contributed by atoms with Crippen LogP contribution in [0.15, 0.2) is 71.8 Å². The van der Waals surface area contributed by atoms with E-state index in [-0.39, 0.29) is 29.6 Å². The van der Waals surface area contributed by atoms with Crippen LogP contribution >= 0.6 is 0 Å². The second-order valence-corrected chi connectivity index (χ2v) is 5.98. The number of benzene rings is 3. The number of anilines is 1. The molecule has 29 heavy (non-hydrogen) atoms. The molecule has 0 aliphatic rings. The van der Waals surface area contributed by atoms with Gasteiger partial charge in [-0.05, 0) is 35.9 Å². The molecule has 0 aromatic heterocycles. The van der Waals surface area contributed by atoms with Gasteiger partial charge in [0.25, 0.3) is 0 Å². The standard InChI is InChI=1S/C21H18FN3O4/c1-28-20-12-16(13-23-24-18-9-7-17(22)8-10-18)11-19(25(26)27)21(20)29-14-15-5-3-2-4-6-15/h2-13,24H,14H2,1H3/b23-13+. The van der Waals surface area contributed by atoms with Crippen molar-refractivity contribution in [3.8, 4) is 11.5 Å². The monoisotopic (exact) mass is 395 g/mol. The van der Waals surface area contributed by atoms with Crippen LogP contribution in [0, 0.1) is 15.9 Å². The first-order valence-corrected chi connectivity index (χ1v) is 8.64. The molecule has 3 rings (SSSR count). The van der Waals surface area contributed by atoms with E-state index in [9.17, 15) is 14.5 Å². The topological polar surface area (TPSA) is 86.0 Å². The molecule has 0 aliphatic carbocycles. The number of rotatable bonds is 8. The molecule has 3 aromatic rings. The van der Waals surface area contributed by atoms with E-state index in [4.69, 9.17) is 9.47 Å². The lowest BCUT2D eigenvalue weighted by Gasteiger charge is -2.12. The number of nitro groups is 1. The Bertz CT molecular complexity index is 1010. The molecule has 148 valence electrons. The zero-order valence-corrected chi connectivity index (χ0v) is 15.5. The summed E-state index contributed by atoms with van der Waals surface area (Å²) in [6.45, 7) is 0.164. The number of ether oxygens (including phenoxy) is 2. The summed E-state index contributed by atoms with van der Waals surface area (Å²) >= 11 is 0. The number of halogens is 1. The van der Waals surface area contributed by atoms with Gasteiger partial charge in [0.1, 0.15) is 12.4 Å². The van der Waals surface area contributed by atoms with Gasteiger partial charge in [0, 0.05) is 11.6 Å². The molecule has 0 saturated heterocycles. The van der Waals surface area contributed by atoms with Gasteiger partial charge in [-0.15, -0.1) is 0 Å². The highest BCUT2D eigenvalue weighted by Crippen LogP contribution is 2.38. The van der Waals surface area contributed by atoms with Crippen LogP contribution < -0.4 is 14.9 Å². The van der Waals surface area contributed by atoms with Crippen molar-refractivity contribution < 1.29 is 18.8 Å². The molecule has 0 bridgehead atoms. The summed E-state index contributed by atoms with van der Waals surface area (Å²) in [4.78, 5) is 11.0. The lowest BCUT2D eigenvalue weighted by atomic mass is 10.1. The van der Waals surface area contributed by atoms with E-state index < -0.39 is 4.92 Å². The average Bonchev–Trinajstić information content (AvgIpc) is 2.74. The number of hydrogen-bond acceptors (Lipinski definition) is 6. The second-order valence-electron chi connectivity index (χ2n) is 5.98. The lowest BCUT2D eigenvalue weighted by molar-refractivity contribution is -0.386. The number of nitrogens with zero attached hydrogens (tertiary/aromatic N) is 2. The SMILES string of the molecule is COc1cc(/C=N/Nc2ccc(F)cc2)cc([N+](=O)[O-])c1OCc1ccccc1. The molecular weight excluding hydrogens is 377 g/mol. The summed E-state index contributed by atoms with van der Waals surface area (Å²) in [5.41, 5.74) is 4.38. The van der Waals surface area contributed by atoms with Gasteiger partial charge < -0.3 is 9.47 Å². The van der Waals surface area contributed by atoms with Crippen LogP contribution in [0.2, 0.25) is 0 Å². The Morgan fingerprint density at radius 1 is 1.14 bits per heavy atom. The van der Waals surface area contributed by atoms with Crippen LogP contribution in [0.4, 0.5) is 15.8 Å². The molecule has 0 atom stereocenters. The summed E-state index contributed by atoms with van der Waals surface area (Å²) in [6, 6.07) is 17.9. The molecule has 8 heteroatoms. The van der Waals surface area contributed by atoms with Gasteiger partial charge in [0.05, 0.1) is 23.9 Å². The molecule has 1 N–H and O–H groups in total. The van der Waals surface area contributed by atoms with Gasteiger partial charge >= 0.3 is 5.69 Å². The molecule has 0 unspecified atom stereocenters. The van der Waals surface area contributed by atoms with E-state index in [2.05, 4.69) is 10.5 Å². The predicted molar refractivity (Wildman–Crippen MR) is 108 cm³/mol. The van der Waals surface area contributed by atoms with Crippen molar-refractivity contribution in [3.63, 3.8) is 0 Å². The van der Waals surface area contributed by atoms with Crippen LogP contribution in [-0.2, 0) is 6.61 Å². The van der Waals surface area contributed by atoms with Crippen molar-refractivity contribution in [1.29, 1.82) is 0 Å². The van der Waals surface area contributed by atoms with Crippen molar-refractivity contribution in [1.82, 2.24) is 0 Å². The Hall–Kier alpha value is -3.94. The summed E-state index contributed by atoms with van der Waals surface area (Å²) in [6.07, 6.45) is 1.40. The number of hydrazone groups is 1. The van der Waals surface area contributed by atoms with Crippen LogP contribution in [0.25, 0.3) is 0 Å². The number of hydrogen-bond donors (Lipinski definition) is 1. The molecule has 0 fully saturated rings. The van der Waals surface area contributed by atoms with Gasteiger partial charge in [0.2, 0.25) is 5.75 Å². The third kappa shape index (κ3) is 5.29. The van der Waals surface area contributed by atoms with Gasteiger partial charge in [-0.25, -0.2) is 4.39 Å². The van der Waals surface area contributed by atoms with Crippen LogP contribution in [0.3, 0.4) is 0 Å². The van der Waals surface area contributed by atoms with Gasteiger partial charge in [-0.3, -0.25) is 15.5 Å². The average molecular weight is 395 g/mol. The van der Waals surface area contributed by atoms with E-state index in [1.54, 1.807) is 6.07 Å². The van der Waals surface area contributed by atoms with Crippen molar-refractivity contribution in [2.75, 3.05) is 12.5 Å². The Kier molecular flexibility index (Phi) is 6.36. The molecule has 0 heterocycles. The first-order valence-electron chi connectivity index (χ1n) is 8.64. The van der Waals surface area contributed by atoms with Gasteiger partial charge in [0.15, 0.2) is 5.75 Å². The normalized spacial score (nSPS) is 10.7. The van der Waals surface area contributed by atoms with E-state index in [1.807, 2.05) is 30.3 Å². The third-order valence-corrected chi connectivity index (χ3v) is 3.95. The van der Waals surface area contributed by atoms with E-state index in [0.717, 1.165) is 5.56 Å². The fourth-order valence-corrected chi connectivity index (χ4v) is 2.55. The third-order valence-electron chi connectivity index (χ3n) is 3.95. The summed E-state index contributed by atoms with van der Waals surface area (Å²) in [5.74, 6) is -0.0886. The van der Waals surface area contributed by atoms with Crippen LogP contribution in [0.5, 0.6) is 11.5 Å². The van der Waals surface area contributed by atoms with Crippen molar-refractivity contribution in [3.05, 3.63) is 93.8 Å².